The first-order chi connectivity index (χ1) is 8.27. The van der Waals surface area contributed by atoms with E-state index in [1.54, 1.807) is 6.33 Å². The van der Waals surface area contributed by atoms with Gasteiger partial charge in [-0.1, -0.05) is 29.8 Å². The van der Waals surface area contributed by atoms with E-state index in [1.165, 1.54) is 0 Å². The van der Waals surface area contributed by atoms with Crippen LogP contribution >= 0.6 is 11.6 Å². The molecule has 0 spiro atoms. The molecule has 0 atom stereocenters. The number of hydrogen-bond acceptors (Lipinski definition) is 2. The van der Waals surface area contributed by atoms with E-state index in [0.717, 1.165) is 16.7 Å². The van der Waals surface area contributed by atoms with Crippen molar-refractivity contribution < 1.29 is 0 Å². The van der Waals surface area contributed by atoms with Gasteiger partial charge in [-0.3, -0.25) is 4.57 Å². The first-order valence-corrected chi connectivity index (χ1v) is 5.61. The summed E-state index contributed by atoms with van der Waals surface area (Å²) in [5, 5.41) is 0.619. The maximum absolute atomic E-state index is 6.19. The molecule has 0 bridgehead atoms. The fourth-order valence-electron chi connectivity index (χ4n) is 1.92. The Balaban J connectivity index is 2.35. The summed E-state index contributed by atoms with van der Waals surface area (Å²) in [6, 6.07) is 13.4. The smallest absolute Gasteiger partial charge is 0.101 e. The van der Waals surface area contributed by atoms with Crippen LogP contribution in [0.4, 0.5) is 5.69 Å². The van der Waals surface area contributed by atoms with Gasteiger partial charge in [-0.05, 0) is 24.3 Å². The normalized spacial score (nSPS) is 10.9. The number of nitrogens with two attached hydrogens (primary N) is 1. The summed E-state index contributed by atoms with van der Waals surface area (Å²) in [7, 11) is 0. The molecular weight excluding hydrogens is 234 g/mol. The summed E-state index contributed by atoms with van der Waals surface area (Å²) in [6.45, 7) is 0. The number of fused-ring (bicyclic) bond motifs is 1. The van der Waals surface area contributed by atoms with E-state index in [9.17, 15) is 0 Å². The molecule has 2 N–H and O–H groups in total. The Labute approximate surface area is 103 Å². The predicted molar refractivity (Wildman–Crippen MR) is 70.5 cm³/mol. The summed E-state index contributed by atoms with van der Waals surface area (Å²) >= 11 is 6.19. The molecule has 4 heteroatoms. The van der Waals surface area contributed by atoms with Crippen molar-refractivity contribution in [3.05, 3.63) is 53.8 Å². The lowest BCUT2D eigenvalue weighted by Crippen LogP contribution is -1.99. The van der Waals surface area contributed by atoms with Gasteiger partial charge in [0.05, 0.1) is 27.4 Å². The van der Waals surface area contributed by atoms with E-state index >= 15 is 0 Å². The number of anilines is 1. The molecule has 17 heavy (non-hydrogen) atoms. The number of nitrogen functional groups attached to an aromatic ring is 1. The van der Waals surface area contributed by atoms with E-state index in [2.05, 4.69) is 4.98 Å². The number of aromatic nitrogens is 2. The molecule has 0 saturated carbocycles. The van der Waals surface area contributed by atoms with Gasteiger partial charge in [0, 0.05) is 0 Å². The maximum atomic E-state index is 6.19. The topological polar surface area (TPSA) is 43.8 Å². The van der Waals surface area contributed by atoms with E-state index in [1.807, 2.05) is 47.0 Å². The highest BCUT2D eigenvalue weighted by Crippen LogP contribution is 2.29. The molecule has 0 aliphatic heterocycles. The highest BCUT2D eigenvalue weighted by Gasteiger charge is 2.10. The third kappa shape index (κ3) is 1.56. The van der Waals surface area contributed by atoms with Crippen LogP contribution in [0.5, 0.6) is 0 Å². The fourth-order valence-corrected chi connectivity index (χ4v) is 2.20. The van der Waals surface area contributed by atoms with Crippen molar-refractivity contribution in [2.45, 2.75) is 0 Å². The third-order valence-corrected chi connectivity index (χ3v) is 3.02. The Hall–Kier alpha value is -2.00. The van der Waals surface area contributed by atoms with E-state index in [0.29, 0.717) is 10.7 Å². The summed E-state index contributed by atoms with van der Waals surface area (Å²) in [5.41, 5.74) is 9.31. The summed E-state index contributed by atoms with van der Waals surface area (Å²) in [5.74, 6) is 0. The van der Waals surface area contributed by atoms with Crippen LogP contribution in [-0.2, 0) is 0 Å². The second-order valence-corrected chi connectivity index (χ2v) is 4.19. The molecule has 0 amide bonds. The minimum absolute atomic E-state index is 0.619. The molecule has 1 heterocycles. The van der Waals surface area contributed by atoms with Crippen molar-refractivity contribution in [2.24, 2.45) is 0 Å². The first-order valence-electron chi connectivity index (χ1n) is 5.24. The van der Waals surface area contributed by atoms with Crippen LogP contribution in [0.15, 0.2) is 48.8 Å². The Bertz CT molecular complexity index is 668. The number of halogens is 1. The van der Waals surface area contributed by atoms with Crippen LogP contribution in [-0.4, -0.2) is 9.55 Å². The molecule has 0 saturated heterocycles. The van der Waals surface area contributed by atoms with Gasteiger partial charge in [0.25, 0.3) is 0 Å². The molecule has 84 valence electrons. The van der Waals surface area contributed by atoms with E-state index in [-0.39, 0.29) is 0 Å². The van der Waals surface area contributed by atoms with Crippen molar-refractivity contribution in [2.75, 3.05) is 5.73 Å². The van der Waals surface area contributed by atoms with Crippen molar-refractivity contribution in [3.8, 4) is 5.69 Å². The van der Waals surface area contributed by atoms with Crippen LogP contribution in [0.3, 0.4) is 0 Å². The molecule has 0 unspecified atom stereocenters. The summed E-state index contributed by atoms with van der Waals surface area (Å²) < 4.78 is 1.91. The molecule has 3 rings (SSSR count). The van der Waals surface area contributed by atoms with Crippen molar-refractivity contribution in [1.82, 2.24) is 9.55 Å². The van der Waals surface area contributed by atoms with Crippen LogP contribution in [0.25, 0.3) is 16.7 Å². The zero-order chi connectivity index (χ0) is 11.8. The maximum Gasteiger partial charge on any atom is 0.101 e. The van der Waals surface area contributed by atoms with E-state index in [4.69, 9.17) is 17.3 Å². The Morgan fingerprint density at radius 3 is 2.71 bits per heavy atom. The molecule has 3 nitrogen and oxygen atoms in total. The monoisotopic (exact) mass is 243 g/mol. The largest absolute Gasteiger partial charge is 0.397 e. The quantitative estimate of drug-likeness (QED) is 0.667. The van der Waals surface area contributed by atoms with Crippen LogP contribution in [0.1, 0.15) is 0 Å². The highest BCUT2D eigenvalue weighted by atomic mass is 35.5. The van der Waals surface area contributed by atoms with Gasteiger partial charge >= 0.3 is 0 Å². The average molecular weight is 244 g/mol. The number of nitrogens with zero attached hydrogens (tertiary/aromatic N) is 2. The molecule has 3 aromatic rings. The predicted octanol–water partition coefficient (Wildman–Crippen LogP) is 3.26. The van der Waals surface area contributed by atoms with Crippen LogP contribution in [0, 0.1) is 0 Å². The first kappa shape index (κ1) is 10.2. The van der Waals surface area contributed by atoms with E-state index < -0.39 is 0 Å². The lowest BCUT2D eigenvalue weighted by atomic mass is 10.2. The summed E-state index contributed by atoms with van der Waals surface area (Å²) in [6.07, 6.45) is 1.74. The lowest BCUT2D eigenvalue weighted by Gasteiger charge is -2.09. The Morgan fingerprint density at radius 1 is 1.06 bits per heavy atom. The molecule has 1 aromatic heterocycles. The zero-order valence-corrected chi connectivity index (χ0v) is 9.72. The second-order valence-electron chi connectivity index (χ2n) is 3.78. The molecule has 2 aromatic carbocycles. The van der Waals surface area contributed by atoms with Gasteiger partial charge in [-0.25, -0.2) is 4.98 Å². The standard InChI is InChI=1S/C13H10ClN3/c14-9-4-3-5-10(15)13(9)17-8-16-11-6-1-2-7-12(11)17/h1-8H,15H2. The number of rotatable bonds is 1. The molecule has 0 fully saturated rings. The Morgan fingerprint density at radius 2 is 1.88 bits per heavy atom. The molecule has 0 aliphatic carbocycles. The minimum Gasteiger partial charge on any atom is -0.397 e. The summed E-state index contributed by atoms with van der Waals surface area (Å²) in [4.78, 5) is 4.33. The van der Waals surface area contributed by atoms with Crippen LogP contribution < -0.4 is 5.73 Å². The second kappa shape index (κ2) is 3.79. The average Bonchev–Trinajstić information content (AvgIpc) is 2.73. The van der Waals surface area contributed by atoms with Gasteiger partial charge in [-0.2, -0.15) is 0 Å². The van der Waals surface area contributed by atoms with Gasteiger partial charge in [0.1, 0.15) is 6.33 Å². The third-order valence-electron chi connectivity index (χ3n) is 2.71. The minimum atomic E-state index is 0.619. The zero-order valence-electron chi connectivity index (χ0n) is 8.97. The fraction of sp³-hybridized carbons (Fsp3) is 0. The van der Waals surface area contributed by atoms with Crippen molar-refractivity contribution in [1.29, 1.82) is 0 Å². The number of hydrogen-bond donors (Lipinski definition) is 1. The number of imidazole rings is 1. The lowest BCUT2D eigenvalue weighted by molar-refractivity contribution is 1.10. The van der Waals surface area contributed by atoms with Gasteiger partial charge in [-0.15, -0.1) is 0 Å². The number of benzene rings is 2. The van der Waals surface area contributed by atoms with Crippen molar-refractivity contribution >= 4 is 28.3 Å². The van der Waals surface area contributed by atoms with Gasteiger partial charge < -0.3 is 5.73 Å². The number of para-hydroxylation sites is 3. The Kier molecular flexibility index (Phi) is 2.27. The molecular formula is C13H10ClN3. The van der Waals surface area contributed by atoms with Crippen LogP contribution in [0.2, 0.25) is 5.02 Å². The van der Waals surface area contributed by atoms with Gasteiger partial charge in [0.15, 0.2) is 0 Å². The SMILES string of the molecule is Nc1cccc(Cl)c1-n1cnc2ccccc21. The van der Waals surface area contributed by atoms with Crippen molar-refractivity contribution in [3.63, 3.8) is 0 Å². The highest BCUT2D eigenvalue weighted by molar-refractivity contribution is 6.33. The van der Waals surface area contributed by atoms with Gasteiger partial charge in [0.2, 0.25) is 0 Å². The molecule has 0 radical (unpaired) electrons. The molecule has 0 aliphatic rings.